The molecule has 2 aliphatic rings. The highest BCUT2D eigenvalue weighted by atomic mass is 16.5. The lowest BCUT2D eigenvalue weighted by atomic mass is 9.84. The molecule has 28 heavy (non-hydrogen) atoms. The second-order valence-corrected chi connectivity index (χ2v) is 7.27. The molecule has 0 fully saturated rings. The van der Waals surface area contributed by atoms with Crippen LogP contribution in [0.5, 0.6) is 5.75 Å². The van der Waals surface area contributed by atoms with Crippen molar-refractivity contribution in [2.24, 2.45) is 0 Å². The lowest BCUT2D eigenvalue weighted by molar-refractivity contribution is -0.136. The normalized spacial score (nSPS) is 19.0. The fourth-order valence-corrected chi connectivity index (χ4v) is 4.08. The number of rotatable bonds is 4. The van der Waals surface area contributed by atoms with E-state index in [0.29, 0.717) is 17.9 Å². The Morgan fingerprint density at radius 2 is 1.75 bits per heavy atom. The van der Waals surface area contributed by atoms with Gasteiger partial charge in [0.15, 0.2) is 0 Å². The van der Waals surface area contributed by atoms with Gasteiger partial charge in [-0.25, -0.2) is 4.79 Å². The van der Waals surface area contributed by atoms with E-state index in [-0.39, 0.29) is 30.8 Å². The Balaban J connectivity index is 1.77. The SMILES string of the molecule is CCOc1ccc([C@@H]2CC(=O)N(c3cc(C)cc(C)c3)C3=C2C(=O)OC3)cc1. The summed E-state index contributed by atoms with van der Waals surface area (Å²) in [5.74, 6) is 0.112. The Bertz CT molecular complexity index is 954. The summed E-state index contributed by atoms with van der Waals surface area (Å²) in [7, 11) is 0. The standard InChI is InChI=1S/C23H23NO4/c1-4-27-18-7-5-16(6-8-18)19-12-21(25)24(20-13-28-23(26)22(19)20)17-10-14(2)9-15(3)11-17/h5-11,19H,4,12-13H2,1-3H3/t19-/m0/s1. The van der Waals surface area contributed by atoms with Crippen LogP contribution >= 0.6 is 0 Å². The molecule has 144 valence electrons. The summed E-state index contributed by atoms with van der Waals surface area (Å²) in [4.78, 5) is 27.3. The van der Waals surface area contributed by atoms with Crippen LogP contribution in [0.4, 0.5) is 5.69 Å². The van der Waals surface area contributed by atoms with E-state index in [1.165, 1.54) is 0 Å². The van der Waals surface area contributed by atoms with Crippen LogP contribution in [-0.2, 0) is 14.3 Å². The van der Waals surface area contributed by atoms with E-state index in [2.05, 4.69) is 6.07 Å². The number of cyclic esters (lactones) is 1. The molecule has 2 aromatic carbocycles. The summed E-state index contributed by atoms with van der Waals surface area (Å²) in [6.45, 7) is 6.65. The minimum atomic E-state index is -0.337. The monoisotopic (exact) mass is 377 g/mol. The maximum Gasteiger partial charge on any atom is 0.336 e. The first-order valence-corrected chi connectivity index (χ1v) is 9.52. The lowest BCUT2D eigenvalue weighted by Crippen LogP contribution is -2.37. The van der Waals surface area contributed by atoms with Crippen molar-refractivity contribution in [3.63, 3.8) is 0 Å². The molecule has 0 saturated carbocycles. The molecule has 0 radical (unpaired) electrons. The quantitative estimate of drug-likeness (QED) is 0.755. The van der Waals surface area contributed by atoms with Crippen molar-refractivity contribution < 1.29 is 19.1 Å². The number of amides is 1. The van der Waals surface area contributed by atoms with Crippen molar-refractivity contribution >= 4 is 17.6 Å². The predicted molar refractivity (Wildman–Crippen MR) is 106 cm³/mol. The Labute approximate surface area is 164 Å². The number of benzene rings is 2. The number of anilines is 1. The molecule has 1 atom stereocenters. The van der Waals surface area contributed by atoms with Crippen molar-refractivity contribution in [1.29, 1.82) is 0 Å². The zero-order valence-corrected chi connectivity index (χ0v) is 16.3. The molecule has 0 spiro atoms. The van der Waals surface area contributed by atoms with Crippen LogP contribution in [0.3, 0.4) is 0 Å². The summed E-state index contributed by atoms with van der Waals surface area (Å²) >= 11 is 0. The zero-order chi connectivity index (χ0) is 19.8. The van der Waals surface area contributed by atoms with Crippen LogP contribution < -0.4 is 9.64 Å². The number of aryl methyl sites for hydroxylation is 2. The number of hydrogen-bond acceptors (Lipinski definition) is 4. The average molecular weight is 377 g/mol. The van der Waals surface area contributed by atoms with Crippen LogP contribution in [0.1, 0.15) is 36.0 Å². The number of hydrogen-bond donors (Lipinski definition) is 0. The van der Waals surface area contributed by atoms with E-state index in [4.69, 9.17) is 9.47 Å². The number of esters is 1. The highest BCUT2D eigenvalue weighted by Gasteiger charge is 2.43. The van der Waals surface area contributed by atoms with Gasteiger partial charge in [0.2, 0.25) is 5.91 Å². The molecule has 0 aliphatic carbocycles. The maximum atomic E-state index is 13.1. The van der Waals surface area contributed by atoms with E-state index in [1.54, 1.807) is 4.90 Å². The van der Waals surface area contributed by atoms with Crippen molar-refractivity contribution in [1.82, 2.24) is 0 Å². The van der Waals surface area contributed by atoms with E-state index in [1.807, 2.05) is 57.2 Å². The van der Waals surface area contributed by atoms with Crippen molar-refractivity contribution in [3.8, 4) is 5.75 Å². The Kier molecular flexibility index (Phi) is 4.67. The van der Waals surface area contributed by atoms with Gasteiger partial charge in [-0.3, -0.25) is 9.69 Å². The number of carbonyl (C=O) groups is 2. The Morgan fingerprint density at radius 3 is 2.39 bits per heavy atom. The zero-order valence-electron chi connectivity index (χ0n) is 16.3. The molecule has 4 rings (SSSR count). The predicted octanol–water partition coefficient (Wildman–Crippen LogP) is 4.03. The highest BCUT2D eigenvalue weighted by molar-refractivity contribution is 6.06. The summed E-state index contributed by atoms with van der Waals surface area (Å²) in [5.41, 5.74) is 5.10. The van der Waals surface area contributed by atoms with Gasteiger partial charge in [-0.1, -0.05) is 18.2 Å². The van der Waals surface area contributed by atoms with Gasteiger partial charge in [0.05, 0.1) is 17.9 Å². The highest BCUT2D eigenvalue weighted by Crippen LogP contribution is 2.42. The first kappa shape index (κ1) is 18.3. The summed E-state index contributed by atoms with van der Waals surface area (Å²) in [6, 6.07) is 13.6. The molecule has 0 unspecified atom stereocenters. The first-order valence-electron chi connectivity index (χ1n) is 9.52. The number of ether oxygens (including phenoxy) is 2. The average Bonchev–Trinajstić information content (AvgIpc) is 3.02. The molecular formula is C23H23NO4. The van der Waals surface area contributed by atoms with Crippen molar-refractivity contribution in [2.45, 2.75) is 33.1 Å². The van der Waals surface area contributed by atoms with E-state index >= 15 is 0 Å². The second kappa shape index (κ2) is 7.15. The summed E-state index contributed by atoms with van der Waals surface area (Å²) in [5, 5.41) is 0. The second-order valence-electron chi connectivity index (χ2n) is 7.27. The third-order valence-electron chi connectivity index (χ3n) is 5.18. The molecule has 1 amide bonds. The van der Waals surface area contributed by atoms with Gasteiger partial charge in [-0.15, -0.1) is 0 Å². The smallest absolute Gasteiger partial charge is 0.336 e. The topological polar surface area (TPSA) is 55.8 Å². The molecule has 5 nitrogen and oxygen atoms in total. The van der Waals surface area contributed by atoms with Gasteiger partial charge in [-0.2, -0.15) is 0 Å². The van der Waals surface area contributed by atoms with Gasteiger partial charge in [0.25, 0.3) is 0 Å². The summed E-state index contributed by atoms with van der Waals surface area (Å²) < 4.78 is 10.8. The van der Waals surface area contributed by atoms with Gasteiger partial charge in [0.1, 0.15) is 12.4 Å². The molecule has 0 bridgehead atoms. The Morgan fingerprint density at radius 1 is 1.07 bits per heavy atom. The van der Waals surface area contributed by atoms with Crippen LogP contribution in [0.15, 0.2) is 53.7 Å². The van der Waals surface area contributed by atoms with Crippen LogP contribution in [0.25, 0.3) is 0 Å². The van der Waals surface area contributed by atoms with Gasteiger partial charge in [0, 0.05) is 18.0 Å². The third kappa shape index (κ3) is 3.17. The van der Waals surface area contributed by atoms with Crippen LogP contribution in [0.2, 0.25) is 0 Å². The maximum absolute atomic E-state index is 13.1. The van der Waals surface area contributed by atoms with E-state index in [0.717, 1.165) is 28.1 Å². The molecule has 2 aliphatic heterocycles. The lowest BCUT2D eigenvalue weighted by Gasteiger charge is -2.32. The van der Waals surface area contributed by atoms with Gasteiger partial charge < -0.3 is 9.47 Å². The molecule has 5 heteroatoms. The van der Waals surface area contributed by atoms with E-state index in [9.17, 15) is 9.59 Å². The minimum absolute atomic E-state index is 0.0269. The Hall–Kier alpha value is -3.08. The van der Waals surface area contributed by atoms with Gasteiger partial charge in [-0.05, 0) is 61.7 Å². The minimum Gasteiger partial charge on any atom is -0.494 e. The fourth-order valence-electron chi connectivity index (χ4n) is 4.08. The molecule has 0 aromatic heterocycles. The van der Waals surface area contributed by atoms with Gasteiger partial charge >= 0.3 is 5.97 Å². The molecule has 0 saturated heterocycles. The summed E-state index contributed by atoms with van der Waals surface area (Å²) in [6.07, 6.45) is 0.231. The molecule has 2 aromatic rings. The van der Waals surface area contributed by atoms with Crippen LogP contribution in [0, 0.1) is 13.8 Å². The largest absolute Gasteiger partial charge is 0.494 e. The van der Waals surface area contributed by atoms with E-state index < -0.39 is 0 Å². The third-order valence-corrected chi connectivity index (χ3v) is 5.18. The van der Waals surface area contributed by atoms with Crippen molar-refractivity contribution in [3.05, 3.63) is 70.4 Å². The molecule has 0 N–H and O–H groups in total. The van der Waals surface area contributed by atoms with Crippen molar-refractivity contribution in [2.75, 3.05) is 18.1 Å². The molecular weight excluding hydrogens is 354 g/mol. The van der Waals surface area contributed by atoms with Crippen LogP contribution in [-0.4, -0.2) is 25.1 Å². The molecule has 2 heterocycles. The first-order chi connectivity index (χ1) is 13.5. The number of nitrogens with zero attached hydrogens (tertiary/aromatic N) is 1. The fraction of sp³-hybridized carbons (Fsp3) is 0.304. The number of carbonyl (C=O) groups excluding carboxylic acids is 2.